The minimum absolute atomic E-state index is 0.441. The second-order valence-corrected chi connectivity index (χ2v) is 2.98. The number of nitrogens with zero attached hydrogens (tertiary/aromatic N) is 1. The molecule has 0 amide bonds. The highest BCUT2D eigenvalue weighted by molar-refractivity contribution is 7.99. The summed E-state index contributed by atoms with van der Waals surface area (Å²) in [6.45, 7) is 0.696. The summed E-state index contributed by atoms with van der Waals surface area (Å²) in [5, 5.41) is 12.3. The normalized spacial score (nSPS) is 27.8. The van der Waals surface area contributed by atoms with Gasteiger partial charge in [0.05, 0.1) is 0 Å². The van der Waals surface area contributed by atoms with Crippen LogP contribution in [0.1, 0.15) is 0 Å². The molecule has 1 rings (SSSR count). The molecule has 1 heterocycles. The third-order valence-electron chi connectivity index (χ3n) is 1.15. The van der Waals surface area contributed by atoms with Crippen LogP contribution in [0.5, 0.6) is 0 Å². The average molecular weight is 146 g/mol. The van der Waals surface area contributed by atoms with Gasteiger partial charge >= 0.3 is 5.97 Å². The van der Waals surface area contributed by atoms with Crippen molar-refractivity contribution in [2.75, 3.05) is 18.1 Å². The van der Waals surface area contributed by atoms with Gasteiger partial charge in [-0.05, 0) is 0 Å². The standard InChI is InChI=1S/C5H8NO2S/c7-5(8)4-3-9-2-1-6-4/h4H,1-3H2,(H,7,8). The molecule has 1 radical (unpaired) electrons. The predicted molar refractivity (Wildman–Crippen MR) is 35.7 cm³/mol. The molecule has 1 N–H and O–H groups in total. The van der Waals surface area contributed by atoms with Gasteiger partial charge in [-0.1, -0.05) is 0 Å². The number of carbonyl (C=O) groups is 1. The topological polar surface area (TPSA) is 51.4 Å². The van der Waals surface area contributed by atoms with Gasteiger partial charge in [0.2, 0.25) is 0 Å². The Balaban J connectivity index is 2.31. The third-order valence-corrected chi connectivity index (χ3v) is 2.17. The van der Waals surface area contributed by atoms with Crippen molar-refractivity contribution in [3.8, 4) is 0 Å². The summed E-state index contributed by atoms with van der Waals surface area (Å²) in [5.74, 6) is 0.834. The summed E-state index contributed by atoms with van der Waals surface area (Å²) >= 11 is 1.66. The van der Waals surface area contributed by atoms with Crippen molar-refractivity contribution in [3.05, 3.63) is 0 Å². The van der Waals surface area contributed by atoms with E-state index in [1.807, 2.05) is 0 Å². The highest BCUT2D eigenvalue weighted by atomic mass is 32.2. The first-order chi connectivity index (χ1) is 4.30. The third kappa shape index (κ3) is 1.87. The van der Waals surface area contributed by atoms with Crippen molar-refractivity contribution < 1.29 is 9.90 Å². The molecule has 1 saturated heterocycles. The lowest BCUT2D eigenvalue weighted by atomic mass is 10.3. The molecule has 4 heteroatoms. The molecule has 0 spiro atoms. The Bertz CT molecular complexity index is 112. The van der Waals surface area contributed by atoms with E-state index in [0.717, 1.165) is 5.75 Å². The molecule has 0 aromatic heterocycles. The molecule has 51 valence electrons. The molecule has 9 heavy (non-hydrogen) atoms. The first kappa shape index (κ1) is 6.89. The van der Waals surface area contributed by atoms with Crippen LogP contribution in [0.2, 0.25) is 0 Å². The van der Waals surface area contributed by atoms with E-state index in [1.165, 1.54) is 0 Å². The monoisotopic (exact) mass is 146 g/mol. The van der Waals surface area contributed by atoms with Crippen molar-refractivity contribution in [2.24, 2.45) is 0 Å². The van der Waals surface area contributed by atoms with Crippen LogP contribution in [0.3, 0.4) is 0 Å². The van der Waals surface area contributed by atoms with Gasteiger partial charge in [0.25, 0.3) is 0 Å². The molecule has 0 bridgehead atoms. The van der Waals surface area contributed by atoms with Crippen molar-refractivity contribution in [2.45, 2.75) is 6.04 Å². The minimum Gasteiger partial charge on any atom is -0.480 e. The molecule has 0 aromatic rings. The maximum Gasteiger partial charge on any atom is 0.323 e. The van der Waals surface area contributed by atoms with Crippen molar-refractivity contribution in [1.29, 1.82) is 0 Å². The van der Waals surface area contributed by atoms with Crippen LogP contribution >= 0.6 is 11.8 Å². The van der Waals surface area contributed by atoms with Crippen molar-refractivity contribution in [1.82, 2.24) is 5.32 Å². The quantitative estimate of drug-likeness (QED) is 0.557. The Labute approximate surface area is 57.8 Å². The molecule has 1 aliphatic heterocycles. The van der Waals surface area contributed by atoms with Gasteiger partial charge < -0.3 is 5.11 Å². The summed E-state index contributed by atoms with van der Waals surface area (Å²) in [5.41, 5.74) is 0. The smallest absolute Gasteiger partial charge is 0.323 e. The lowest BCUT2D eigenvalue weighted by Crippen LogP contribution is -2.37. The van der Waals surface area contributed by atoms with Gasteiger partial charge in [0.15, 0.2) is 0 Å². The van der Waals surface area contributed by atoms with Crippen LogP contribution in [0, 0.1) is 0 Å². The number of hydrogen-bond acceptors (Lipinski definition) is 2. The second-order valence-electron chi connectivity index (χ2n) is 1.84. The first-order valence-corrected chi connectivity index (χ1v) is 3.93. The van der Waals surface area contributed by atoms with Gasteiger partial charge in [-0.3, -0.25) is 4.79 Å². The van der Waals surface area contributed by atoms with E-state index in [-0.39, 0.29) is 0 Å². The average Bonchev–Trinajstić information content (AvgIpc) is 1.90. The van der Waals surface area contributed by atoms with E-state index in [4.69, 9.17) is 5.11 Å². The summed E-state index contributed by atoms with van der Waals surface area (Å²) in [7, 11) is 0. The fourth-order valence-corrected chi connectivity index (χ4v) is 1.54. The number of rotatable bonds is 1. The van der Waals surface area contributed by atoms with Crippen LogP contribution in [0.25, 0.3) is 0 Å². The fourth-order valence-electron chi connectivity index (χ4n) is 0.670. The largest absolute Gasteiger partial charge is 0.480 e. The van der Waals surface area contributed by atoms with E-state index >= 15 is 0 Å². The zero-order valence-corrected chi connectivity index (χ0v) is 5.73. The highest BCUT2D eigenvalue weighted by Crippen LogP contribution is 2.08. The summed E-state index contributed by atoms with van der Waals surface area (Å²) < 4.78 is 0. The van der Waals surface area contributed by atoms with Gasteiger partial charge in [0.1, 0.15) is 6.04 Å². The van der Waals surface area contributed by atoms with E-state index in [1.54, 1.807) is 11.8 Å². The molecule has 0 aliphatic carbocycles. The predicted octanol–water partition coefficient (Wildman–Crippen LogP) is -0.209. The molecule has 0 aromatic carbocycles. The highest BCUT2D eigenvalue weighted by Gasteiger charge is 2.20. The fraction of sp³-hybridized carbons (Fsp3) is 0.800. The van der Waals surface area contributed by atoms with Crippen LogP contribution in [0.15, 0.2) is 0 Å². The SMILES string of the molecule is O=C(O)C1CSCC[N]1. The molecular weight excluding hydrogens is 138 g/mol. The molecule has 1 aliphatic rings. The van der Waals surface area contributed by atoms with E-state index in [9.17, 15) is 4.79 Å². The number of aliphatic carboxylic acids is 1. The van der Waals surface area contributed by atoms with Crippen LogP contribution in [0.4, 0.5) is 0 Å². The molecule has 1 unspecified atom stereocenters. The van der Waals surface area contributed by atoms with Crippen LogP contribution < -0.4 is 5.32 Å². The lowest BCUT2D eigenvalue weighted by molar-refractivity contribution is -0.138. The van der Waals surface area contributed by atoms with Crippen LogP contribution in [-0.2, 0) is 4.79 Å². The maximum absolute atomic E-state index is 10.2. The summed E-state index contributed by atoms with van der Waals surface area (Å²) in [6.07, 6.45) is 0. The minimum atomic E-state index is -0.790. The van der Waals surface area contributed by atoms with Gasteiger partial charge in [0, 0.05) is 18.1 Å². The Morgan fingerprint density at radius 2 is 2.56 bits per heavy atom. The van der Waals surface area contributed by atoms with Crippen molar-refractivity contribution >= 4 is 17.7 Å². The second kappa shape index (κ2) is 3.08. The Morgan fingerprint density at radius 3 is 2.89 bits per heavy atom. The number of carboxylic acid groups (broad SMARTS) is 1. The summed E-state index contributed by atoms with van der Waals surface area (Å²) in [4.78, 5) is 10.2. The van der Waals surface area contributed by atoms with Gasteiger partial charge in [-0.15, -0.1) is 0 Å². The van der Waals surface area contributed by atoms with Gasteiger partial charge in [-0.2, -0.15) is 11.8 Å². The Hall–Kier alpha value is -0.220. The van der Waals surface area contributed by atoms with E-state index in [0.29, 0.717) is 12.3 Å². The number of thioether (sulfide) groups is 1. The molecule has 3 nitrogen and oxygen atoms in total. The molecule has 0 saturated carbocycles. The molecule has 1 fully saturated rings. The first-order valence-electron chi connectivity index (χ1n) is 2.78. The number of carboxylic acids is 1. The molecular formula is C5H8NO2S. The van der Waals surface area contributed by atoms with Gasteiger partial charge in [-0.25, -0.2) is 5.32 Å². The van der Waals surface area contributed by atoms with Crippen molar-refractivity contribution in [3.63, 3.8) is 0 Å². The molecule has 1 atom stereocenters. The maximum atomic E-state index is 10.2. The zero-order chi connectivity index (χ0) is 6.69. The van der Waals surface area contributed by atoms with Crippen LogP contribution in [-0.4, -0.2) is 35.2 Å². The Morgan fingerprint density at radius 1 is 1.78 bits per heavy atom. The van der Waals surface area contributed by atoms with E-state index in [2.05, 4.69) is 5.32 Å². The van der Waals surface area contributed by atoms with E-state index < -0.39 is 12.0 Å². The Kier molecular flexibility index (Phi) is 2.36. The zero-order valence-electron chi connectivity index (χ0n) is 4.91. The number of hydrogen-bond donors (Lipinski definition) is 1. The summed E-state index contributed by atoms with van der Waals surface area (Å²) in [6, 6.07) is -0.441. The lowest BCUT2D eigenvalue weighted by Gasteiger charge is -2.16.